The van der Waals surface area contributed by atoms with E-state index in [2.05, 4.69) is 31.0 Å². The normalized spacial score (nSPS) is 10.9. The maximum Gasteiger partial charge on any atom is 0.324 e. The van der Waals surface area contributed by atoms with Gasteiger partial charge in [0.05, 0.1) is 5.69 Å². The number of aromatic nitrogens is 4. The zero-order valence-corrected chi connectivity index (χ0v) is 20.9. The first-order valence-corrected chi connectivity index (χ1v) is 11.9. The fraction of sp³-hybridized carbons (Fsp3) is 0.148. The van der Waals surface area contributed by atoms with Gasteiger partial charge in [-0.1, -0.05) is 0 Å². The van der Waals surface area contributed by atoms with E-state index in [1.807, 2.05) is 38.1 Å². The first-order valence-electron chi connectivity index (χ1n) is 11.9. The Hall–Kier alpha value is -5.19. The van der Waals surface area contributed by atoms with E-state index < -0.39 is 6.03 Å². The topological polar surface area (TPSA) is 136 Å². The Morgan fingerprint density at radius 1 is 0.921 bits per heavy atom. The molecule has 3 N–H and O–H groups in total. The van der Waals surface area contributed by atoms with Crippen LogP contribution in [0.3, 0.4) is 0 Å². The van der Waals surface area contributed by atoms with Gasteiger partial charge in [0.15, 0.2) is 12.0 Å². The Morgan fingerprint density at radius 2 is 1.74 bits per heavy atom. The number of amides is 3. The number of urea groups is 1. The third-order valence-electron chi connectivity index (χ3n) is 5.48. The molecule has 38 heavy (non-hydrogen) atoms. The molecule has 0 spiro atoms. The summed E-state index contributed by atoms with van der Waals surface area (Å²) in [5.74, 6) is 1.81. The van der Waals surface area contributed by atoms with Crippen molar-refractivity contribution in [3.8, 4) is 22.8 Å². The van der Waals surface area contributed by atoms with E-state index in [9.17, 15) is 9.59 Å². The number of fused-ring (bicyclic) bond motifs is 1. The van der Waals surface area contributed by atoms with Crippen molar-refractivity contribution >= 4 is 40.4 Å². The van der Waals surface area contributed by atoms with Gasteiger partial charge in [-0.3, -0.25) is 10.1 Å². The first-order chi connectivity index (χ1) is 18.3. The zero-order chi connectivity index (χ0) is 26.6. The molecule has 192 valence electrons. The molecule has 3 aromatic heterocycles. The van der Waals surface area contributed by atoms with Crippen molar-refractivity contribution in [2.75, 3.05) is 16.0 Å². The highest BCUT2D eigenvalue weighted by molar-refractivity contribution is 5.99. The number of nitrogens with zero attached hydrogens (tertiary/aromatic N) is 4. The second-order valence-corrected chi connectivity index (χ2v) is 8.75. The predicted molar refractivity (Wildman–Crippen MR) is 143 cm³/mol. The van der Waals surface area contributed by atoms with E-state index in [4.69, 9.17) is 9.15 Å². The zero-order valence-electron chi connectivity index (χ0n) is 20.9. The van der Waals surface area contributed by atoms with Crippen LogP contribution in [0.15, 0.2) is 77.7 Å². The van der Waals surface area contributed by atoms with E-state index in [-0.39, 0.29) is 11.9 Å². The minimum Gasteiger partial charge on any atom is -0.457 e. The summed E-state index contributed by atoms with van der Waals surface area (Å²) >= 11 is 0. The SMILES string of the molecule is CC(=O)Nc1cc(Oc2ccc(NC(=O)Nc3cc(-c4ccc5ocnc5c4)nn3C(C)C)cc2)ccn1. The number of hydrogen-bond acceptors (Lipinski definition) is 7. The molecule has 0 unspecified atom stereocenters. The number of benzene rings is 2. The molecule has 0 aliphatic carbocycles. The molecule has 5 rings (SSSR count). The molecule has 0 aliphatic heterocycles. The summed E-state index contributed by atoms with van der Waals surface area (Å²) in [6.07, 6.45) is 2.95. The molecule has 0 atom stereocenters. The van der Waals surface area contributed by atoms with Crippen molar-refractivity contribution in [3.05, 3.63) is 73.3 Å². The second-order valence-electron chi connectivity index (χ2n) is 8.75. The molecule has 0 bridgehead atoms. The highest BCUT2D eigenvalue weighted by Crippen LogP contribution is 2.28. The summed E-state index contributed by atoms with van der Waals surface area (Å²) in [5.41, 5.74) is 3.58. The van der Waals surface area contributed by atoms with Crippen LogP contribution in [0.25, 0.3) is 22.4 Å². The molecule has 0 radical (unpaired) electrons. The minimum atomic E-state index is -0.409. The molecule has 0 aliphatic rings. The number of nitrogens with one attached hydrogen (secondary N) is 3. The lowest BCUT2D eigenvalue weighted by Gasteiger charge is -2.13. The molecule has 0 fully saturated rings. The lowest BCUT2D eigenvalue weighted by molar-refractivity contribution is -0.114. The third-order valence-corrected chi connectivity index (χ3v) is 5.48. The summed E-state index contributed by atoms with van der Waals surface area (Å²) in [6.45, 7) is 5.38. The van der Waals surface area contributed by atoms with E-state index in [0.29, 0.717) is 40.1 Å². The van der Waals surface area contributed by atoms with Gasteiger partial charge < -0.3 is 19.8 Å². The van der Waals surface area contributed by atoms with Crippen molar-refractivity contribution in [2.45, 2.75) is 26.8 Å². The Labute approximate surface area is 217 Å². The van der Waals surface area contributed by atoms with Crippen LogP contribution in [0.4, 0.5) is 22.1 Å². The Kier molecular flexibility index (Phi) is 6.72. The average molecular weight is 512 g/mol. The maximum atomic E-state index is 12.8. The van der Waals surface area contributed by atoms with Gasteiger partial charge in [0.2, 0.25) is 5.91 Å². The summed E-state index contributed by atoms with van der Waals surface area (Å²) < 4.78 is 12.9. The van der Waals surface area contributed by atoms with Gasteiger partial charge in [-0.15, -0.1) is 0 Å². The standard InChI is InChI=1S/C27H25N7O4/c1-16(2)34-26(14-22(33-34)18-4-9-24-23(12-18)29-15-37-24)32-27(36)31-19-5-7-20(8-6-19)38-21-10-11-28-25(13-21)30-17(3)35/h4-16H,1-3H3,(H,28,30,35)(H2,31,32,36). The van der Waals surface area contributed by atoms with Gasteiger partial charge in [0.1, 0.15) is 28.7 Å². The molecule has 11 heteroatoms. The van der Waals surface area contributed by atoms with Crippen LogP contribution in [0.2, 0.25) is 0 Å². The van der Waals surface area contributed by atoms with Crippen molar-refractivity contribution in [1.29, 1.82) is 0 Å². The Morgan fingerprint density at radius 3 is 2.50 bits per heavy atom. The van der Waals surface area contributed by atoms with Crippen molar-refractivity contribution in [2.24, 2.45) is 0 Å². The lowest BCUT2D eigenvalue weighted by Crippen LogP contribution is -2.22. The van der Waals surface area contributed by atoms with Gasteiger partial charge in [-0.2, -0.15) is 5.10 Å². The van der Waals surface area contributed by atoms with Gasteiger partial charge in [0.25, 0.3) is 0 Å². The number of oxazole rings is 1. The number of ether oxygens (including phenoxy) is 1. The highest BCUT2D eigenvalue weighted by atomic mass is 16.5. The number of carbonyl (C=O) groups is 2. The van der Waals surface area contributed by atoms with E-state index >= 15 is 0 Å². The second kappa shape index (κ2) is 10.4. The van der Waals surface area contributed by atoms with Crippen LogP contribution < -0.4 is 20.7 Å². The fourth-order valence-corrected chi connectivity index (χ4v) is 3.78. The first kappa shape index (κ1) is 24.5. The summed E-state index contributed by atoms with van der Waals surface area (Å²) in [7, 11) is 0. The molecule has 3 amide bonds. The molecule has 3 heterocycles. The van der Waals surface area contributed by atoms with Crippen molar-refractivity contribution in [3.63, 3.8) is 0 Å². The van der Waals surface area contributed by atoms with Crippen LogP contribution in [0.1, 0.15) is 26.8 Å². The molecule has 2 aromatic carbocycles. The quantitative estimate of drug-likeness (QED) is 0.241. The number of carbonyl (C=O) groups excluding carboxylic acids is 2. The van der Waals surface area contributed by atoms with Gasteiger partial charge in [-0.25, -0.2) is 19.4 Å². The molecule has 11 nitrogen and oxygen atoms in total. The number of hydrogen-bond donors (Lipinski definition) is 3. The van der Waals surface area contributed by atoms with E-state index in [1.54, 1.807) is 47.3 Å². The van der Waals surface area contributed by atoms with Crippen LogP contribution in [-0.4, -0.2) is 31.7 Å². The summed E-state index contributed by atoms with van der Waals surface area (Å²) in [6, 6.07) is 17.3. The smallest absolute Gasteiger partial charge is 0.324 e. The number of pyridine rings is 1. The minimum absolute atomic E-state index is 0.0191. The molecule has 0 saturated heterocycles. The largest absolute Gasteiger partial charge is 0.457 e. The van der Waals surface area contributed by atoms with Gasteiger partial charge >= 0.3 is 6.03 Å². The molecule has 5 aromatic rings. The monoisotopic (exact) mass is 511 g/mol. The average Bonchev–Trinajstić information content (AvgIpc) is 3.52. The van der Waals surface area contributed by atoms with Gasteiger partial charge in [0, 0.05) is 42.5 Å². The maximum absolute atomic E-state index is 12.8. The number of anilines is 3. The Balaban J connectivity index is 1.25. The summed E-state index contributed by atoms with van der Waals surface area (Å²) in [4.78, 5) is 32.3. The molecular weight excluding hydrogens is 486 g/mol. The van der Waals surface area contributed by atoms with E-state index in [0.717, 1.165) is 11.1 Å². The summed E-state index contributed by atoms with van der Waals surface area (Å²) in [5, 5.41) is 13.0. The van der Waals surface area contributed by atoms with Crippen LogP contribution in [0, 0.1) is 0 Å². The van der Waals surface area contributed by atoms with Gasteiger partial charge in [-0.05, 0) is 62.4 Å². The number of rotatable bonds is 7. The predicted octanol–water partition coefficient (Wildman–Crippen LogP) is 6.06. The van der Waals surface area contributed by atoms with Crippen molar-refractivity contribution in [1.82, 2.24) is 19.7 Å². The van der Waals surface area contributed by atoms with Crippen LogP contribution in [0.5, 0.6) is 11.5 Å². The highest BCUT2D eigenvalue weighted by Gasteiger charge is 2.15. The third kappa shape index (κ3) is 5.62. The fourth-order valence-electron chi connectivity index (χ4n) is 3.78. The van der Waals surface area contributed by atoms with Crippen LogP contribution in [-0.2, 0) is 4.79 Å². The molecule has 0 saturated carbocycles. The molecular formula is C27H25N7O4. The van der Waals surface area contributed by atoms with Crippen molar-refractivity contribution < 1.29 is 18.7 Å². The van der Waals surface area contributed by atoms with Crippen LogP contribution >= 0.6 is 0 Å². The Bertz CT molecular complexity index is 1610. The lowest BCUT2D eigenvalue weighted by atomic mass is 10.1. The van der Waals surface area contributed by atoms with E-state index in [1.165, 1.54) is 13.3 Å².